The van der Waals surface area contributed by atoms with Crippen molar-refractivity contribution in [3.63, 3.8) is 0 Å². The van der Waals surface area contributed by atoms with Crippen LogP contribution in [0.2, 0.25) is 0 Å². The van der Waals surface area contributed by atoms with Gasteiger partial charge in [-0.1, -0.05) is 60.7 Å². The maximum atomic E-state index is 13.0. The summed E-state index contributed by atoms with van der Waals surface area (Å²) in [4.78, 5) is 17.3. The third-order valence-corrected chi connectivity index (χ3v) is 4.42. The van der Waals surface area contributed by atoms with Gasteiger partial charge in [-0.15, -0.1) is 0 Å². The summed E-state index contributed by atoms with van der Waals surface area (Å²) in [5.74, 6) is -0.285. The molecular formula is C22H18N2O2. The van der Waals surface area contributed by atoms with Gasteiger partial charge in [0, 0.05) is 13.1 Å². The van der Waals surface area contributed by atoms with Gasteiger partial charge in [0.1, 0.15) is 11.7 Å². The molecule has 0 saturated carbocycles. The number of aryl methyl sites for hydroxylation is 1. The minimum Gasteiger partial charge on any atom is -0.426 e. The molecule has 4 rings (SSSR count). The van der Waals surface area contributed by atoms with E-state index in [4.69, 9.17) is 4.74 Å². The Labute approximate surface area is 151 Å². The summed E-state index contributed by atoms with van der Waals surface area (Å²) in [6.45, 7) is 0. The van der Waals surface area contributed by atoms with Crippen LogP contribution in [-0.2, 0) is 11.8 Å². The zero-order valence-corrected chi connectivity index (χ0v) is 14.4. The lowest BCUT2D eigenvalue weighted by atomic mass is 9.91. The average molecular weight is 342 g/mol. The number of ether oxygens (including phenoxy) is 1. The number of nitrogens with zero attached hydrogens (tertiary/aromatic N) is 2. The van der Waals surface area contributed by atoms with Gasteiger partial charge in [0.05, 0.1) is 17.4 Å². The third-order valence-electron chi connectivity index (χ3n) is 4.42. The van der Waals surface area contributed by atoms with Crippen molar-refractivity contribution in [3.05, 3.63) is 96.3 Å². The van der Waals surface area contributed by atoms with Gasteiger partial charge in [-0.05, 0) is 23.3 Å². The quantitative estimate of drug-likeness (QED) is 0.410. The molecule has 1 aromatic heterocycles. The highest BCUT2D eigenvalue weighted by molar-refractivity contribution is 5.85. The molecular weight excluding hydrogens is 324 g/mol. The molecule has 1 heterocycles. The molecule has 0 fully saturated rings. The summed E-state index contributed by atoms with van der Waals surface area (Å²) < 4.78 is 7.64. The number of aromatic nitrogens is 2. The molecule has 0 spiro atoms. The van der Waals surface area contributed by atoms with Crippen LogP contribution >= 0.6 is 0 Å². The fourth-order valence-electron chi connectivity index (χ4n) is 3.11. The summed E-state index contributed by atoms with van der Waals surface area (Å²) in [5, 5.41) is 0. The molecule has 0 radical (unpaired) electrons. The SMILES string of the molecule is Cn1cnc2cc(OC(=O)C(c3ccccc3)c3ccccc3)ccc21. The molecule has 0 atom stereocenters. The van der Waals surface area contributed by atoms with E-state index in [9.17, 15) is 4.79 Å². The van der Waals surface area contributed by atoms with Crippen molar-refractivity contribution in [2.75, 3.05) is 0 Å². The van der Waals surface area contributed by atoms with Crippen LogP contribution in [0.15, 0.2) is 85.2 Å². The first-order valence-electron chi connectivity index (χ1n) is 8.45. The van der Waals surface area contributed by atoms with E-state index in [1.54, 1.807) is 18.5 Å². The second-order valence-corrected chi connectivity index (χ2v) is 6.18. The molecule has 0 amide bonds. The highest BCUT2D eigenvalue weighted by atomic mass is 16.5. The van der Waals surface area contributed by atoms with Gasteiger partial charge in [0.25, 0.3) is 0 Å². The number of imidazole rings is 1. The van der Waals surface area contributed by atoms with Crippen molar-refractivity contribution in [3.8, 4) is 5.75 Å². The van der Waals surface area contributed by atoms with Crippen LogP contribution in [0.25, 0.3) is 11.0 Å². The molecule has 0 bridgehead atoms. The van der Waals surface area contributed by atoms with Crippen molar-refractivity contribution in [2.45, 2.75) is 5.92 Å². The molecule has 0 saturated heterocycles. The number of hydrogen-bond acceptors (Lipinski definition) is 3. The molecule has 4 aromatic rings. The Bertz CT molecular complexity index is 1000. The van der Waals surface area contributed by atoms with Gasteiger partial charge in [-0.25, -0.2) is 4.98 Å². The standard InChI is InChI=1S/C22H18N2O2/c1-24-15-23-19-14-18(12-13-20(19)24)26-22(25)21(16-8-4-2-5-9-16)17-10-6-3-7-11-17/h2-15,21H,1H3. The molecule has 128 valence electrons. The molecule has 0 unspecified atom stereocenters. The van der Waals surface area contributed by atoms with Crippen molar-refractivity contribution in [2.24, 2.45) is 7.05 Å². The van der Waals surface area contributed by atoms with Crippen LogP contribution in [-0.4, -0.2) is 15.5 Å². The Morgan fingerprint density at radius 2 is 1.54 bits per heavy atom. The highest BCUT2D eigenvalue weighted by Crippen LogP contribution is 2.28. The number of esters is 1. The van der Waals surface area contributed by atoms with Crippen molar-refractivity contribution in [1.29, 1.82) is 0 Å². The normalized spacial score (nSPS) is 11.0. The molecule has 0 aliphatic carbocycles. The summed E-state index contributed by atoms with van der Waals surface area (Å²) in [5.41, 5.74) is 3.60. The summed E-state index contributed by atoms with van der Waals surface area (Å²) in [6, 6.07) is 24.9. The highest BCUT2D eigenvalue weighted by Gasteiger charge is 2.24. The van der Waals surface area contributed by atoms with Gasteiger partial charge in [0.2, 0.25) is 0 Å². The summed E-state index contributed by atoms with van der Waals surface area (Å²) in [6.07, 6.45) is 1.74. The monoisotopic (exact) mass is 342 g/mol. The predicted octanol–water partition coefficient (Wildman–Crippen LogP) is 4.31. The third kappa shape index (κ3) is 3.09. The van der Waals surface area contributed by atoms with E-state index in [1.165, 1.54) is 0 Å². The van der Waals surface area contributed by atoms with E-state index in [-0.39, 0.29) is 5.97 Å². The van der Waals surface area contributed by atoms with Crippen LogP contribution in [0.1, 0.15) is 17.0 Å². The van der Waals surface area contributed by atoms with Gasteiger partial charge in [0.15, 0.2) is 0 Å². The van der Waals surface area contributed by atoms with Gasteiger partial charge in [-0.2, -0.15) is 0 Å². The van der Waals surface area contributed by atoms with Gasteiger partial charge < -0.3 is 9.30 Å². The molecule has 0 aliphatic rings. The molecule has 0 N–H and O–H groups in total. The Morgan fingerprint density at radius 1 is 0.923 bits per heavy atom. The number of hydrogen-bond donors (Lipinski definition) is 0. The maximum Gasteiger partial charge on any atom is 0.323 e. The second kappa shape index (κ2) is 6.84. The smallest absolute Gasteiger partial charge is 0.323 e. The first-order chi connectivity index (χ1) is 12.7. The van der Waals surface area contributed by atoms with Crippen LogP contribution in [0.3, 0.4) is 0 Å². The van der Waals surface area contributed by atoms with Crippen LogP contribution < -0.4 is 4.74 Å². The lowest BCUT2D eigenvalue weighted by Crippen LogP contribution is -2.20. The zero-order valence-electron chi connectivity index (χ0n) is 14.4. The Hall–Kier alpha value is -3.40. The lowest BCUT2D eigenvalue weighted by molar-refractivity contribution is -0.135. The molecule has 4 nitrogen and oxygen atoms in total. The summed E-state index contributed by atoms with van der Waals surface area (Å²) >= 11 is 0. The van der Waals surface area contributed by atoms with Crippen molar-refractivity contribution >= 4 is 17.0 Å². The topological polar surface area (TPSA) is 44.1 Å². The second-order valence-electron chi connectivity index (χ2n) is 6.18. The first-order valence-corrected chi connectivity index (χ1v) is 8.45. The molecule has 4 heteroatoms. The Kier molecular flexibility index (Phi) is 4.23. The van der Waals surface area contributed by atoms with Crippen molar-refractivity contribution in [1.82, 2.24) is 9.55 Å². The predicted molar refractivity (Wildman–Crippen MR) is 101 cm³/mol. The van der Waals surface area contributed by atoms with Crippen LogP contribution in [0.4, 0.5) is 0 Å². The minimum atomic E-state index is -0.475. The number of fused-ring (bicyclic) bond motifs is 1. The van der Waals surface area contributed by atoms with Gasteiger partial charge >= 0.3 is 5.97 Å². The number of carbonyl (C=O) groups is 1. The van der Waals surface area contributed by atoms with Gasteiger partial charge in [-0.3, -0.25) is 4.79 Å². The minimum absolute atomic E-state index is 0.308. The Balaban J connectivity index is 1.67. The number of rotatable bonds is 4. The molecule has 3 aromatic carbocycles. The number of benzene rings is 3. The molecule has 26 heavy (non-hydrogen) atoms. The van der Waals surface area contributed by atoms with E-state index >= 15 is 0 Å². The van der Waals surface area contributed by atoms with E-state index in [1.807, 2.05) is 78.3 Å². The number of carbonyl (C=O) groups excluding carboxylic acids is 1. The van der Waals surface area contributed by atoms with Crippen LogP contribution in [0, 0.1) is 0 Å². The first kappa shape index (κ1) is 16.1. The maximum absolute atomic E-state index is 13.0. The molecule has 0 aliphatic heterocycles. The van der Waals surface area contributed by atoms with E-state index in [2.05, 4.69) is 4.98 Å². The van der Waals surface area contributed by atoms with E-state index in [0.717, 1.165) is 22.2 Å². The average Bonchev–Trinajstić information content (AvgIpc) is 3.04. The fourth-order valence-corrected chi connectivity index (χ4v) is 3.11. The van der Waals surface area contributed by atoms with Crippen LogP contribution in [0.5, 0.6) is 5.75 Å². The zero-order chi connectivity index (χ0) is 17.9. The Morgan fingerprint density at radius 3 is 2.15 bits per heavy atom. The summed E-state index contributed by atoms with van der Waals surface area (Å²) in [7, 11) is 1.93. The van der Waals surface area contributed by atoms with E-state index < -0.39 is 5.92 Å². The largest absolute Gasteiger partial charge is 0.426 e. The van der Waals surface area contributed by atoms with E-state index in [0.29, 0.717) is 5.75 Å². The fraction of sp³-hybridized carbons (Fsp3) is 0.0909. The van der Waals surface area contributed by atoms with Crippen molar-refractivity contribution < 1.29 is 9.53 Å². The lowest BCUT2D eigenvalue weighted by Gasteiger charge is -2.17.